The van der Waals surface area contributed by atoms with E-state index in [1.807, 2.05) is 18.2 Å². The Balaban J connectivity index is 2.29. The zero-order valence-electron chi connectivity index (χ0n) is 9.55. The lowest BCUT2D eigenvalue weighted by atomic mass is 10.2. The maximum Gasteiger partial charge on any atom is 0.111 e. The zero-order valence-corrected chi connectivity index (χ0v) is 10.3. The molecule has 2 aromatic rings. The van der Waals surface area contributed by atoms with Crippen molar-refractivity contribution in [3.05, 3.63) is 29.0 Å². The first-order valence-electron chi connectivity index (χ1n) is 5.57. The Morgan fingerprint density at radius 1 is 1.50 bits per heavy atom. The van der Waals surface area contributed by atoms with Crippen molar-refractivity contribution in [3.8, 4) is 0 Å². The molecule has 0 amide bonds. The molecule has 2 N–H and O–H groups in total. The van der Waals surface area contributed by atoms with Gasteiger partial charge in [-0.25, -0.2) is 4.98 Å². The standard InChI is InChI=1S/C12H16ClN3/c1-3-14-7-8(2)12-15-10-6-4-5-9(13)11(10)16-12/h4-6,8,14H,3,7H2,1-2H3,(H,15,16)/t8-/m0/s1. The first-order valence-corrected chi connectivity index (χ1v) is 5.95. The van der Waals surface area contributed by atoms with Crippen molar-refractivity contribution in [1.82, 2.24) is 15.3 Å². The van der Waals surface area contributed by atoms with E-state index in [4.69, 9.17) is 11.6 Å². The molecule has 1 atom stereocenters. The maximum atomic E-state index is 6.08. The molecule has 0 radical (unpaired) electrons. The fourth-order valence-electron chi connectivity index (χ4n) is 1.71. The number of aromatic amines is 1. The number of H-pyrrole nitrogens is 1. The second-order valence-electron chi connectivity index (χ2n) is 3.97. The van der Waals surface area contributed by atoms with E-state index in [9.17, 15) is 0 Å². The minimum atomic E-state index is 0.364. The van der Waals surface area contributed by atoms with Crippen LogP contribution in [-0.2, 0) is 0 Å². The van der Waals surface area contributed by atoms with E-state index in [0.717, 1.165) is 29.9 Å². The summed E-state index contributed by atoms with van der Waals surface area (Å²) in [4.78, 5) is 7.85. The number of hydrogen-bond donors (Lipinski definition) is 2. The molecule has 86 valence electrons. The van der Waals surface area contributed by atoms with Gasteiger partial charge in [-0.2, -0.15) is 0 Å². The third-order valence-corrected chi connectivity index (χ3v) is 2.95. The number of imidazole rings is 1. The van der Waals surface area contributed by atoms with Gasteiger partial charge in [-0.1, -0.05) is 31.5 Å². The van der Waals surface area contributed by atoms with Crippen LogP contribution in [0.1, 0.15) is 25.6 Å². The highest BCUT2D eigenvalue weighted by atomic mass is 35.5. The molecule has 1 aromatic heterocycles. The molecule has 1 aromatic carbocycles. The Labute approximate surface area is 100 Å². The van der Waals surface area contributed by atoms with Crippen LogP contribution in [0.15, 0.2) is 18.2 Å². The average molecular weight is 238 g/mol. The van der Waals surface area contributed by atoms with Gasteiger partial charge in [-0.3, -0.25) is 0 Å². The first kappa shape index (κ1) is 11.4. The molecule has 0 aliphatic heterocycles. The minimum Gasteiger partial charge on any atom is -0.342 e. The van der Waals surface area contributed by atoms with Gasteiger partial charge in [0, 0.05) is 12.5 Å². The SMILES string of the molecule is CCNC[C@H](C)c1nc2c(Cl)cccc2[nH]1. The molecule has 16 heavy (non-hydrogen) atoms. The summed E-state index contributed by atoms with van der Waals surface area (Å²) in [6.45, 7) is 6.15. The Bertz CT molecular complexity index is 478. The summed E-state index contributed by atoms with van der Waals surface area (Å²) in [5, 5.41) is 4.02. The lowest BCUT2D eigenvalue weighted by molar-refractivity contribution is 0.614. The number of likely N-dealkylation sites (N-methyl/N-ethyl adjacent to an activating group) is 1. The van der Waals surface area contributed by atoms with Gasteiger partial charge in [0.15, 0.2) is 0 Å². The van der Waals surface area contributed by atoms with Crippen LogP contribution in [0.4, 0.5) is 0 Å². The van der Waals surface area contributed by atoms with Crippen molar-refractivity contribution in [1.29, 1.82) is 0 Å². The molecule has 2 rings (SSSR count). The molecular weight excluding hydrogens is 222 g/mol. The molecule has 1 heterocycles. The molecule has 0 spiro atoms. The summed E-state index contributed by atoms with van der Waals surface area (Å²) in [6, 6.07) is 5.79. The number of hydrogen-bond acceptors (Lipinski definition) is 2. The molecule has 4 heteroatoms. The topological polar surface area (TPSA) is 40.7 Å². The molecule has 0 saturated heterocycles. The Morgan fingerprint density at radius 2 is 2.31 bits per heavy atom. The van der Waals surface area contributed by atoms with Crippen LogP contribution in [0.5, 0.6) is 0 Å². The predicted octanol–water partition coefficient (Wildman–Crippen LogP) is 2.93. The molecule has 0 fully saturated rings. The molecule has 0 aliphatic rings. The van der Waals surface area contributed by atoms with Crippen molar-refractivity contribution >= 4 is 22.6 Å². The van der Waals surface area contributed by atoms with Crippen LogP contribution in [0.3, 0.4) is 0 Å². The van der Waals surface area contributed by atoms with Gasteiger partial charge in [-0.05, 0) is 18.7 Å². The summed E-state index contributed by atoms with van der Waals surface area (Å²) in [5.74, 6) is 1.35. The molecule has 0 saturated carbocycles. The van der Waals surface area contributed by atoms with Crippen LogP contribution >= 0.6 is 11.6 Å². The van der Waals surface area contributed by atoms with Crippen molar-refractivity contribution in [2.75, 3.05) is 13.1 Å². The fraction of sp³-hybridized carbons (Fsp3) is 0.417. The van der Waals surface area contributed by atoms with Crippen molar-refractivity contribution in [3.63, 3.8) is 0 Å². The Kier molecular flexibility index (Phi) is 3.46. The van der Waals surface area contributed by atoms with Crippen molar-refractivity contribution in [2.24, 2.45) is 0 Å². The third kappa shape index (κ3) is 2.20. The summed E-state index contributed by atoms with van der Waals surface area (Å²) in [5.41, 5.74) is 1.87. The third-order valence-electron chi connectivity index (χ3n) is 2.65. The number of benzene rings is 1. The highest BCUT2D eigenvalue weighted by Gasteiger charge is 2.11. The van der Waals surface area contributed by atoms with Crippen LogP contribution in [0, 0.1) is 0 Å². The van der Waals surface area contributed by atoms with Gasteiger partial charge in [0.25, 0.3) is 0 Å². The largest absolute Gasteiger partial charge is 0.342 e. The number of halogens is 1. The van der Waals surface area contributed by atoms with Gasteiger partial charge in [-0.15, -0.1) is 0 Å². The summed E-state index contributed by atoms with van der Waals surface area (Å²) in [6.07, 6.45) is 0. The smallest absolute Gasteiger partial charge is 0.111 e. The predicted molar refractivity (Wildman–Crippen MR) is 68.1 cm³/mol. The molecule has 0 unspecified atom stereocenters. The lowest BCUT2D eigenvalue weighted by Crippen LogP contribution is -2.19. The van der Waals surface area contributed by atoms with Gasteiger partial charge in [0.1, 0.15) is 11.3 Å². The maximum absolute atomic E-state index is 6.08. The molecular formula is C12H16ClN3. The normalized spacial score (nSPS) is 13.2. The van der Waals surface area contributed by atoms with Crippen LogP contribution in [0.25, 0.3) is 11.0 Å². The summed E-state index contributed by atoms with van der Waals surface area (Å²) < 4.78 is 0. The van der Waals surface area contributed by atoms with E-state index >= 15 is 0 Å². The van der Waals surface area contributed by atoms with E-state index < -0.39 is 0 Å². The van der Waals surface area contributed by atoms with Crippen molar-refractivity contribution < 1.29 is 0 Å². The number of aromatic nitrogens is 2. The van der Waals surface area contributed by atoms with E-state index in [-0.39, 0.29) is 0 Å². The fourth-order valence-corrected chi connectivity index (χ4v) is 1.92. The van der Waals surface area contributed by atoms with Gasteiger partial charge < -0.3 is 10.3 Å². The highest BCUT2D eigenvalue weighted by molar-refractivity contribution is 6.34. The molecule has 3 nitrogen and oxygen atoms in total. The minimum absolute atomic E-state index is 0.364. The number of para-hydroxylation sites is 1. The summed E-state index contributed by atoms with van der Waals surface area (Å²) in [7, 11) is 0. The van der Waals surface area contributed by atoms with Crippen molar-refractivity contribution in [2.45, 2.75) is 19.8 Å². The lowest BCUT2D eigenvalue weighted by Gasteiger charge is -2.07. The Hall–Kier alpha value is -1.06. The first-order chi connectivity index (χ1) is 7.72. The second kappa shape index (κ2) is 4.85. The average Bonchev–Trinajstić information content (AvgIpc) is 2.71. The van der Waals surface area contributed by atoms with E-state index in [0.29, 0.717) is 10.9 Å². The van der Waals surface area contributed by atoms with Crippen LogP contribution < -0.4 is 5.32 Å². The number of nitrogens with zero attached hydrogens (tertiary/aromatic N) is 1. The number of rotatable bonds is 4. The second-order valence-corrected chi connectivity index (χ2v) is 4.37. The van der Waals surface area contributed by atoms with E-state index in [2.05, 4.69) is 29.1 Å². The van der Waals surface area contributed by atoms with Gasteiger partial charge in [0.2, 0.25) is 0 Å². The van der Waals surface area contributed by atoms with E-state index in [1.165, 1.54) is 0 Å². The summed E-state index contributed by atoms with van der Waals surface area (Å²) >= 11 is 6.08. The number of nitrogens with one attached hydrogen (secondary N) is 2. The monoisotopic (exact) mass is 237 g/mol. The number of fused-ring (bicyclic) bond motifs is 1. The van der Waals surface area contributed by atoms with E-state index in [1.54, 1.807) is 0 Å². The van der Waals surface area contributed by atoms with Gasteiger partial charge >= 0.3 is 0 Å². The molecule has 0 aliphatic carbocycles. The quantitative estimate of drug-likeness (QED) is 0.859. The van der Waals surface area contributed by atoms with Gasteiger partial charge in [0.05, 0.1) is 10.5 Å². The zero-order chi connectivity index (χ0) is 11.5. The highest BCUT2D eigenvalue weighted by Crippen LogP contribution is 2.23. The van der Waals surface area contributed by atoms with Crippen LogP contribution in [0.2, 0.25) is 5.02 Å². The Morgan fingerprint density at radius 3 is 3.00 bits per heavy atom. The molecule has 0 bridgehead atoms. The van der Waals surface area contributed by atoms with Crippen LogP contribution in [-0.4, -0.2) is 23.1 Å².